The number of benzene rings is 2. The average Bonchev–Trinajstić information content (AvgIpc) is 3.06. The summed E-state index contributed by atoms with van der Waals surface area (Å²) in [5, 5.41) is 14.8. The van der Waals surface area contributed by atoms with E-state index in [-0.39, 0.29) is 17.1 Å². The zero-order valence-corrected chi connectivity index (χ0v) is 16.1. The second-order valence-electron chi connectivity index (χ2n) is 7.55. The third kappa shape index (κ3) is 5.10. The molecule has 2 aromatic rings. The van der Waals surface area contributed by atoms with E-state index in [1.807, 2.05) is 6.07 Å². The van der Waals surface area contributed by atoms with Gasteiger partial charge in [0.15, 0.2) is 0 Å². The highest BCUT2D eigenvalue weighted by molar-refractivity contribution is 5.87. The van der Waals surface area contributed by atoms with Crippen LogP contribution in [0.15, 0.2) is 54.6 Å². The molecule has 2 amide bonds. The lowest BCUT2D eigenvalue weighted by atomic mass is 9.98. The van der Waals surface area contributed by atoms with E-state index >= 15 is 0 Å². The van der Waals surface area contributed by atoms with E-state index in [2.05, 4.69) is 46.7 Å². The number of carboxylic acids is 1. The first-order valence-electron chi connectivity index (χ1n) is 9.59. The van der Waals surface area contributed by atoms with E-state index in [0.29, 0.717) is 13.1 Å². The van der Waals surface area contributed by atoms with E-state index in [9.17, 15) is 9.59 Å². The Morgan fingerprint density at radius 1 is 1.04 bits per heavy atom. The molecule has 1 saturated heterocycles. The Morgan fingerprint density at radius 2 is 1.75 bits per heavy atom. The summed E-state index contributed by atoms with van der Waals surface area (Å²) in [5.74, 6) is -0.956. The number of nitrogens with one attached hydrogen (secondary N) is 2. The van der Waals surface area contributed by atoms with Crippen LogP contribution in [0.1, 0.15) is 41.3 Å². The molecule has 6 heteroatoms. The Hall–Kier alpha value is -2.86. The van der Waals surface area contributed by atoms with Crippen molar-refractivity contribution in [3.63, 3.8) is 0 Å². The first-order valence-corrected chi connectivity index (χ1v) is 9.59. The SMILES string of the molecule is CC1(CNC(=O)NCc2ccc(C(=O)O)cc2)CCCN1Cc1ccccc1. The van der Waals surface area contributed by atoms with Gasteiger partial charge >= 0.3 is 12.0 Å². The quantitative estimate of drug-likeness (QED) is 0.688. The molecular weight excluding hydrogens is 354 g/mol. The molecule has 0 aliphatic carbocycles. The van der Waals surface area contributed by atoms with Gasteiger partial charge in [0, 0.05) is 25.2 Å². The van der Waals surface area contributed by atoms with Crippen LogP contribution in [0, 0.1) is 0 Å². The highest BCUT2D eigenvalue weighted by atomic mass is 16.4. The highest BCUT2D eigenvalue weighted by Crippen LogP contribution is 2.29. The number of rotatable bonds is 7. The molecule has 0 radical (unpaired) electrons. The van der Waals surface area contributed by atoms with Gasteiger partial charge in [0.1, 0.15) is 0 Å². The van der Waals surface area contributed by atoms with Crippen LogP contribution in [0.3, 0.4) is 0 Å². The molecule has 0 spiro atoms. The summed E-state index contributed by atoms with van der Waals surface area (Å²) in [7, 11) is 0. The van der Waals surface area contributed by atoms with E-state index in [1.54, 1.807) is 12.1 Å². The number of amides is 2. The third-order valence-electron chi connectivity index (χ3n) is 5.41. The molecule has 3 rings (SSSR count). The fourth-order valence-electron chi connectivity index (χ4n) is 3.63. The van der Waals surface area contributed by atoms with Crippen LogP contribution in [0.25, 0.3) is 0 Å². The zero-order chi connectivity index (χ0) is 20.0. The predicted octanol–water partition coefficient (Wildman–Crippen LogP) is 3.24. The van der Waals surface area contributed by atoms with Gasteiger partial charge in [-0.2, -0.15) is 0 Å². The molecule has 6 nitrogen and oxygen atoms in total. The molecule has 0 aromatic heterocycles. The summed E-state index contributed by atoms with van der Waals surface area (Å²) in [6.07, 6.45) is 2.18. The number of carbonyl (C=O) groups is 2. The van der Waals surface area contributed by atoms with Gasteiger partial charge in [0.2, 0.25) is 0 Å². The summed E-state index contributed by atoms with van der Waals surface area (Å²) < 4.78 is 0. The van der Waals surface area contributed by atoms with Gasteiger partial charge in [0.25, 0.3) is 0 Å². The second kappa shape index (κ2) is 8.89. The van der Waals surface area contributed by atoms with Crippen molar-refractivity contribution < 1.29 is 14.7 Å². The molecular formula is C22H27N3O3. The molecule has 3 N–H and O–H groups in total. The van der Waals surface area contributed by atoms with Crippen molar-refractivity contribution in [1.29, 1.82) is 0 Å². The van der Waals surface area contributed by atoms with Crippen LogP contribution in [0.4, 0.5) is 4.79 Å². The van der Waals surface area contributed by atoms with Crippen LogP contribution < -0.4 is 10.6 Å². The topological polar surface area (TPSA) is 81.7 Å². The predicted molar refractivity (Wildman–Crippen MR) is 108 cm³/mol. The highest BCUT2D eigenvalue weighted by Gasteiger charge is 2.36. The molecule has 148 valence electrons. The van der Waals surface area contributed by atoms with Crippen molar-refractivity contribution in [2.24, 2.45) is 0 Å². The molecule has 1 heterocycles. The van der Waals surface area contributed by atoms with Crippen LogP contribution in [-0.4, -0.2) is 40.6 Å². The van der Waals surface area contributed by atoms with Crippen molar-refractivity contribution in [3.8, 4) is 0 Å². The van der Waals surface area contributed by atoms with Crippen LogP contribution in [0.5, 0.6) is 0 Å². The van der Waals surface area contributed by atoms with Crippen molar-refractivity contribution in [2.75, 3.05) is 13.1 Å². The van der Waals surface area contributed by atoms with E-state index < -0.39 is 5.97 Å². The van der Waals surface area contributed by atoms with Crippen molar-refractivity contribution in [1.82, 2.24) is 15.5 Å². The lowest BCUT2D eigenvalue weighted by Gasteiger charge is -2.35. The maximum absolute atomic E-state index is 12.2. The van der Waals surface area contributed by atoms with Gasteiger partial charge in [-0.15, -0.1) is 0 Å². The van der Waals surface area contributed by atoms with Crippen molar-refractivity contribution >= 4 is 12.0 Å². The summed E-state index contributed by atoms with van der Waals surface area (Å²) in [4.78, 5) is 25.5. The number of hydrogen-bond acceptors (Lipinski definition) is 3. The van der Waals surface area contributed by atoms with Crippen LogP contribution in [-0.2, 0) is 13.1 Å². The Balaban J connectivity index is 1.48. The Bertz CT molecular complexity index is 808. The van der Waals surface area contributed by atoms with Crippen LogP contribution in [0.2, 0.25) is 0 Å². The van der Waals surface area contributed by atoms with E-state index in [4.69, 9.17) is 5.11 Å². The fraction of sp³-hybridized carbons (Fsp3) is 0.364. The fourth-order valence-corrected chi connectivity index (χ4v) is 3.63. The lowest BCUT2D eigenvalue weighted by molar-refractivity contribution is 0.0697. The maximum atomic E-state index is 12.2. The Labute approximate surface area is 165 Å². The maximum Gasteiger partial charge on any atom is 0.335 e. The Morgan fingerprint density at radius 3 is 2.43 bits per heavy atom. The molecule has 1 unspecified atom stereocenters. The summed E-state index contributed by atoms with van der Waals surface area (Å²) >= 11 is 0. The first-order chi connectivity index (χ1) is 13.5. The molecule has 2 aromatic carbocycles. The van der Waals surface area contributed by atoms with Gasteiger partial charge < -0.3 is 15.7 Å². The molecule has 0 bridgehead atoms. The minimum atomic E-state index is -0.956. The zero-order valence-electron chi connectivity index (χ0n) is 16.1. The normalized spacial score (nSPS) is 19.3. The summed E-state index contributed by atoms with van der Waals surface area (Å²) in [6, 6.07) is 16.7. The largest absolute Gasteiger partial charge is 0.478 e. The number of carboxylic acid groups (broad SMARTS) is 1. The molecule has 1 aliphatic rings. The molecule has 28 heavy (non-hydrogen) atoms. The number of carbonyl (C=O) groups excluding carboxylic acids is 1. The molecule has 1 atom stereocenters. The van der Waals surface area contributed by atoms with Gasteiger partial charge in [0.05, 0.1) is 5.56 Å². The van der Waals surface area contributed by atoms with Gasteiger partial charge in [-0.05, 0) is 49.6 Å². The minimum Gasteiger partial charge on any atom is -0.478 e. The summed E-state index contributed by atoms with van der Waals surface area (Å²) in [6.45, 7) is 5.06. The van der Waals surface area contributed by atoms with Crippen molar-refractivity contribution in [3.05, 3.63) is 71.3 Å². The third-order valence-corrected chi connectivity index (χ3v) is 5.41. The smallest absolute Gasteiger partial charge is 0.335 e. The lowest BCUT2D eigenvalue weighted by Crippen LogP contribution is -2.51. The number of aromatic carboxylic acids is 1. The Kier molecular flexibility index (Phi) is 6.31. The number of urea groups is 1. The summed E-state index contributed by atoms with van der Waals surface area (Å²) in [5.41, 5.74) is 2.32. The second-order valence-corrected chi connectivity index (χ2v) is 7.55. The first kappa shape index (κ1) is 19.9. The number of likely N-dealkylation sites (tertiary alicyclic amines) is 1. The molecule has 1 aliphatic heterocycles. The van der Waals surface area contributed by atoms with Gasteiger partial charge in [-0.1, -0.05) is 42.5 Å². The standard InChI is InChI=1S/C22H27N3O3/c1-22(12-5-13-25(22)15-18-6-3-2-4-7-18)16-24-21(28)23-14-17-8-10-19(11-9-17)20(26)27/h2-4,6-11H,5,12-16H2,1H3,(H,26,27)(H2,23,24,28). The van der Waals surface area contributed by atoms with Gasteiger partial charge in [-0.25, -0.2) is 9.59 Å². The molecule has 1 fully saturated rings. The van der Waals surface area contributed by atoms with E-state index in [0.717, 1.165) is 31.5 Å². The van der Waals surface area contributed by atoms with Crippen LogP contribution >= 0.6 is 0 Å². The molecule has 0 saturated carbocycles. The van der Waals surface area contributed by atoms with Crippen molar-refractivity contribution in [2.45, 2.75) is 38.4 Å². The average molecular weight is 381 g/mol. The monoisotopic (exact) mass is 381 g/mol. The minimum absolute atomic E-state index is 0.0592. The number of hydrogen-bond donors (Lipinski definition) is 3. The van der Waals surface area contributed by atoms with E-state index in [1.165, 1.54) is 17.7 Å². The number of nitrogens with zero attached hydrogens (tertiary/aromatic N) is 1. The van der Waals surface area contributed by atoms with Gasteiger partial charge in [-0.3, -0.25) is 4.90 Å².